The zero-order valence-electron chi connectivity index (χ0n) is 11.9. The number of hydrogen-bond acceptors (Lipinski definition) is 4. The van der Waals surface area contributed by atoms with Gasteiger partial charge in [-0.2, -0.15) is 0 Å². The van der Waals surface area contributed by atoms with Gasteiger partial charge in [0.2, 0.25) is 0 Å². The first-order chi connectivity index (χ1) is 10.3. The lowest BCUT2D eigenvalue weighted by atomic mass is 10.2. The summed E-state index contributed by atoms with van der Waals surface area (Å²) in [6.45, 7) is 1.38. The minimum absolute atomic E-state index is 0.648. The standard InChI is InChI=1S/C16H19N5/c17-10-4-3-6-15-12-21(20-19-15)11-14-9-8-13-5-1-2-7-16(13)18-14/h1-2,5,7-9,12H,3-4,6,10-11,17H2. The van der Waals surface area contributed by atoms with Crippen LogP contribution in [0.2, 0.25) is 0 Å². The largest absolute Gasteiger partial charge is 0.330 e. The molecule has 0 saturated carbocycles. The van der Waals surface area contributed by atoms with Crippen LogP contribution in [0.25, 0.3) is 10.9 Å². The van der Waals surface area contributed by atoms with E-state index in [2.05, 4.69) is 27.4 Å². The van der Waals surface area contributed by atoms with Crippen molar-refractivity contribution in [1.82, 2.24) is 20.0 Å². The molecule has 5 nitrogen and oxygen atoms in total. The smallest absolute Gasteiger partial charge is 0.0849 e. The minimum Gasteiger partial charge on any atom is -0.330 e. The first kappa shape index (κ1) is 13.7. The van der Waals surface area contributed by atoms with Gasteiger partial charge in [0.1, 0.15) is 0 Å². The van der Waals surface area contributed by atoms with Crippen LogP contribution in [0.3, 0.4) is 0 Å². The predicted molar refractivity (Wildman–Crippen MR) is 82.9 cm³/mol. The van der Waals surface area contributed by atoms with Gasteiger partial charge in [-0.1, -0.05) is 29.5 Å². The highest BCUT2D eigenvalue weighted by Crippen LogP contribution is 2.12. The van der Waals surface area contributed by atoms with Crippen molar-refractivity contribution in [2.75, 3.05) is 6.54 Å². The summed E-state index contributed by atoms with van der Waals surface area (Å²) in [7, 11) is 0. The number of benzene rings is 1. The van der Waals surface area contributed by atoms with Gasteiger partial charge in [0.25, 0.3) is 0 Å². The second-order valence-electron chi connectivity index (χ2n) is 5.15. The molecule has 3 rings (SSSR count). The van der Waals surface area contributed by atoms with Crippen LogP contribution in [-0.4, -0.2) is 26.5 Å². The van der Waals surface area contributed by atoms with Crippen molar-refractivity contribution in [3.63, 3.8) is 0 Å². The van der Waals surface area contributed by atoms with Gasteiger partial charge in [-0.3, -0.25) is 4.98 Å². The lowest BCUT2D eigenvalue weighted by Gasteiger charge is -2.02. The SMILES string of the molecule is NCCCCc1cn(Cc2ccc3ccccc3n2)nn1. The van der Waals surface area contributed by atoms with Gasteiger partial charge in [0.15, 0.2) is 0 Å². The molecule has 0 aliphatic carbocycles. The molecule has 0 radical (unpaired) electrons. The molecule has 0 aliphatic heterocycles. The van der Waals surface area contributed by atoms with Crippen LogP contribution in [0.4, 0.5) is 0 Å². The lowest BCUT2D eigenvalue weighted by molar-refractivity contribution is 0.639. The molecule has 0 unspecified atom stereocenters. The van der Waals surface area contributed by atoms with Gasteiger partial charge in [0, 0.05) is 11.6 Å². The summed E-state index contributed by atoms with van der Waals surface area (Å²) >= 11 is 0. The van der Waals surface area contributed by atoms with Gasteiger partial charge < -0.3 is 5.73 Å². The van der Waals surface area contributed by atoms with Crippen molar-refractivity contribution >= 4 is 10.9 Å². The summed E-state index contributed by atoms with van der Waals surface area (Å²) in [5.41, 5.74) is 8.52. The fourth-order valence-corrected chi connectivity index (χ4v) is 2.34. The van der Waals surface area contributed by atoms with Crippen molar-refractivity contribution < 1.29 is 0 Å². The second kappa shape index (κ2) is 6.45. The van der Waals surface area contributed by atoms with Gasteiger partial charge in [-0.15, -0.1) is 5.10 Å². The molecule has 3 aromatic rings. The first-order valence-corrected chi connectivity index (χ1v) is 7.29. The Morgan fingerprint density at radius 1 is 1.00 bits per heavy atom. The molecule has 2 aromatic heterocycles. The van der Waals surface area contributed by atoms with Crippen LogP contribution < -0.4 is 5.73 Å². The van der Waals surface area contributed by atoms with Crippen molar-refractivity contribution in [2.45, 2.75) is 25.8 Å². The summed E-state index contributed by atoms with van der Waals surface area (Å²) in [5.74, 6) is 0. The molecule has 2 N–H and O–H groups in total. The monoisotopic (exact) mass is 281 g/mol. The number of nitrogens with two attached hydrogens (primary N) is 1. The maximum absolute atomic E-state index is 5.50. The number of hydrogen-bond donors (Lipinski definition) is 1. The van der Waals surface area contributed by atoms with E-state index in [4.69, 9.17) is 5.73 Å². The van der Waals surface area contributed by atoms with E-state index in [1.54, 1.807) is 0 Å². The van der Waals surface area contributed by atoms with E-state index >= 15 is 0 Å². The molecular weight excluding hydrogens is 262 g/mol. The zero-order valence-corrected chi connectivity index (χ0v) is 11.9. The molecule has 21 heavy (non-hydrogen) atoms. The predicted octanol–water partition coefficient (Wildman–Crippen LogP) is 2.16. The topological polar surface area (TPSA) is 69.6 Å². The van der Waals surface area contributed by atoms with E-state index in [0.717, 1.165) is 48.1 Å². The number of aromatic nitrogens is 4. The summed E-state index contributed by atoms with van der Waals surface area (Å²) in [6.07, 6.45) is 5.01. The normalized spacial score (nSPS) is 11.1. The molecule has 0 aliphatic rings. The molecule has 0 amide bonds. The molecule has 5 heteroatoms. The quantitative estimate of drug-likeness (QED) is 0.703. The van der Waals surface area contributed by atoms with Gasteiger partial charge in [0.05, 0.1) is 23.4 Å². The maximum Gasteiger partial charge on any atom is 0.0849 e. The first-order valence-electron chi connectivity index (χ1n) is 7.29. The molecule has 2 heterocycles. The highest BCUT2D eigenvalue weighted by molar-refractivity contribution is 5.78. The van der Waals surface area contributed by atoms with Crippen molar-refractivity contribution in [2.24, 2.45) is 5.73 Å². The Bertz CT molecular complexity index is 719. The number of unbranched alkanes of at least 4 members (excludes halogenated alkanes) is 1. The summed E-state index contributed by atoms with van der Waals surface area (Å²) in [6, 6.07) is 12.3. The number of nitrogens with zero attached hydrogens (tertiary/aromatic N) is 4. The van der Waals surface area contributed by atoms with Crippen LogP contribution in [-0.2, 0) is 13.0 Å². The van der Waals surface area contributed by atoms with Crippen LogP contribution >= 0.6 is 0 Å². The van der Waals surface area contributed by atoms with Gasteiger partial charge in [-0.25, -0.2) is 4.68 Å². The fraction of sp³-hybridized carbons (Fsp3) is 0.312. The van der Waals surface area contributed by atoms with Crippen molar-refractivity contribution in [1.29, 1.82) is 0 Å². The molecule has 0 atom stereocenters. The van der Waals surface area contributed by atoms with E-state index in [9.17, 15) is 0 Å². The number of aryl methyl sites for hydroxylation is 1. The number of para-hydroxylation sites is 1. The van der Waals surface area contributed by atoms with Crippen LogP contribution in [0.5, 0.6) is 0 Å². The van der Waals surface area contributed by atoms with E-state index in [-0.39, 0.29) is 0 Å². The Morgan fingerprint density at radius 2 is 1.90 bits per heavy atom. The summed E-state index contributed by atoms with van der Waals surface area (Å²) in [5, 5.41) is 9.51. The molecule has 0 fully saturated rings. The third kappa shape index (κ3) is 3.44. The summed E-state index contributed by atoms with van der Waals surface area (Å²) in [4.78, 5) is 4.65. The Morgan fingerprint density at radius 3 is 2.81 bits per heavy atom. The molecular formula is C16H19N5. The van der Waals surface area contributed by atoms with Crippen LogP contribution in [0.1, 0.15) is 24.2 Å². The second-order valence-corrected chi connectivity index (χ2v) is 5.15. The van der Waals surface area contributed by atoms with Crippen LogP contribution in [0, 0.1) is 0 Å². The molecule has 0 bridgehead atoms. The average Bonchev–Trinajstić information content (AvgIpc) is 2.95. The van der Waals surface area contributed by atoms with E-state index in [1.807, 2.05) is 35.1 Å². The van der Waals surface area contributed by atoms with E-state index < -0.39 is 0 Å². The summed E-state index contributed by atoms with van der Waals surface area (Å²) < 4.78 is 1.84. The highest BCUT2D eigenvalue weighted by Gasteiger charge is 2.03. The minimum atomic E-state index is 0.648. The fourth-order valence-electron chi connectivity index (χ4n) is 2.34. The van der Waals surface area contributed by atoms with E-state index in [0.29, 0.717) is 6.54 Å². The van der Waals surface area contributed by atoms with Crippen molar-refractivity contribution in [3.05, 3.63) is 54.0 Å². The Balaban J connectivity index is 1.70. The maximum atomic E-state index is 5.50. The van der Waals surface area contributed by atoms with Gasteiger partial charge >= 0.3 is 0 Å². The average molecular weight is 281 g/mol. The van der Waals surface area contributed by atoms with Gasteiger partial charge in [-0.05, 0) is 37.9 Å². The molecule has 0 spiro atoms. The van der Waals surface area contributed by atoms with E-state index in [1.165, 1.54) is 0 Å². The number of pyridine rings is 1. The number of fused-ring (bicyclic) bond motifs is 1. The van der Waals surface area contributed by atoms with Crippen LogP contribution in [0.15, 0.2) is 42.6 Å². The highest BCUT2D eigenvalue weighted by atomic mass is 15.4. The Labute approximate surface area is 123 Å². The number of rotatable bonds is 6. The third-order valence-corrected chi connectivity index (χ3v) is 3.45. The zero-order chi connectivity index (χ0) is 14.5. The molecule has 0 saturated heterocycles. The Hall–Kier alpha value is -2.27. The molecule has 108 valence electrons. The third-order valence-electron chi connectivity index (χ3n) is 3.45. The Kier molecular flexibility index (Phi) is 4.21. The lowest BCUT2D eigenvalue weighted by Crippen LogP contribution is -2.02. The van der Waals surface area contributed by atoms with Crippen molar-refractivity contribution in [3.8, 4) is 0 Å². The molecule has 1 aromatic carbocycles.